The van der Waals surface area contributed by atoms with E-state index in [9.17, 15) is 14.7 Å². The second-order valence-corrected chi connectivity index (χ2v) is 4.65. The van der Waals surface area contributed by atoms with E-state index in [1.54, 1.807) is 6.07 Å². The molecule has 0 radical (unpaired) electrons. The molecule has 0 amide bonds. The maximum atomic E-state index is 11.5. The molecule has 1 heterocycles. The van der Waals surface area contributed by atoms with Crippen LogP contribution in [0, 0.1) is 6.92 Å². The molecule has 5 heteroatoms. The van der Waals surface area contributed by atoms with Crippen molar-refractivity contribution >= 4 is 33.4 Å². The van der Waals surface area contributed by atoms with Crippen LogP contribution in [0.15, 0.2) is 18.2 Å². The fourth-order valence-corrected chi connectivity index (χ4v) is 2.75. The first-order valence-corrected chi connectivity index (χ1v) is 5.71. The number of methoxy groups -OCH3 is 1. The molecular weight excluding hydrogens is 240 g/mol. The number of thiophene rings is 1. The number of rotatable bonds is 2. The molecule has 2 rings (SSSR count). The summed E-state index contributed by atoms with van der Waals surface area (Å²) >= 11 is 1.14. The predicted molar refractivity (Wildman–Crippen MR) is 64.9 cm³/mol. The van der Waals surface area contributed by atoms with E-state index in [2.05, 4.69) is 4.74 Å². The second-order valence-electron chi connectivity index (χ2n) is 3.60. The number of esters is 1. The molecule has 1 aromatic heterocycles. The molecule has 1 N–H and O–H groups in total. The summed E-state index contributed by atoms with van der Waals surface area (Å²) in [5, 5.41) is 9.77. The summed E-state index contributed by atoms with van der Waals surface area (Å²) in [5.41, 5.74) is 0.981. The lowest BCUT2D eigenvalue weighted by atomic mass is 10.1. The first-order chi connectivity index (χ1) is 8.04. The molecule has 0 aliphatic carbocycles. The van der Waals surface area contributed by atoms with E-state index in [0.717, 1.165) is 21.6 Å². The lowest BCUT2D eigenvalue weighted by Gasteiger charge is -1.98. The van der Waals surface area contributed by atoms with Gasteiger partial charge in [-0.2, -0.15) is 0 Å². The van der Waals surface area contributed by atoms with E-state index in [0.29, 0.717) is 5.39 Å². The van der Waals surface area contributed by atoms with Gasteiger partial charge in [-0.25, -0.2) is 9.59 Å². The fraction of sp³-hybridized carbons (Fsp3) is 0.167. The van der Waals surface area contributed by atoms with Gasteiger partial charge >= 0.3 is 11.9 Å². The Labute approximate surface area is 101 Å². The number of aryl methyl sites for hydroxylation is 1. The quantitative estimate of drug-likeness (QED) is 0.832. The molecule has 0 fully saturated rings. The number of carbonyl (C=O) groups is 2. The normalized spacial score (nSPS) is 10.5. The van der Waals surface area contributed by atoms with E-state index >= 15 is 0 Å². The Kier molecular flexibility index (Phi) is 2.85. The standard InChI is InChI=1S/C12H10O4S/c1-6-3-4-8-7(5-6)9(11(13)14)10(17-8)12(15)16-2/h3-5H,1-2H3,(H,13,14). The fourth-order valence-electron chi connectivity index (χ4n) is 1.66. The SMILES string of the molecule is COC(=O)c1sc2ccc(C)cc2c1C(=O)O. The maximum Gasteiger partial charge on any atom is 0.348 e. The minimum absolute atomic E-state index is 0.0283. The van der Waals surface area contributed by atoms with Gasteiger partial charge in [-0.3, -0.25) is 0 Å². The van der Waals surface area contributed by atoms with Crippen LogP contribution in [0.25, 0.3) is 10.1 Å². The van der Waals surface area contributed by atoms with Crippen molar-refractivity contribution < 1.29 is 19.4 Å². The molecule has 0 aliphatic heterocycles. The zero-order chi connectivity index (χ0) is 12.6. The van der Waals surface area contributed by atoms with Gasteiger partial charge in [0, 0.05) is 10.1 Å². The van der Waals surface area contributed by atoms with E-state index in [4.69, 9.17) is 0 Å². The molecule has 0 saturated heterocycles. The van der Waals surface area contributed by atoms with Gasteiger partial charge in [0.15, 0.2) is 0 Å². The Morgan fingerprint density at radius 2 is 2.06 bits per heavy atom. The molecule has 0 aliphatic rings. The summed E-state index contributed by atoms with van der Waals surface area (Å²) in [5.74, 6) is -1.72. The van der Waals surface area contributed by atoms with Gasteiger partial charge in [0.25, 0.3) is 0 Å². The van der Waals surface area contributed by atoms with Crippen LogP contribution in [-0.4, -0.2) is 24.2 Å². The molecule has 0 bridgehead atoms. The summed E-state index contributed by atoms with van der Waals surface area (Å²) < 4.78 is 5.37. The van der Waals surface area contributed by atoms with Gasteiger partial charge in [0.2, 0.25) is 0 Å². The van der Waals surface area contributed by atoms with Crippen molar-refractivity contribution in [2.75, 3.05) is 7.11 Å². The third-order valence-electron chi connectivity index (χ3n) is 2.43. The van der Waals surface area contributed by atoms with Crippen LogP contribution in [0.3, 0.4) is 0 Å². The molecule has 0 spiro atoms. The molecule has 17 heavy (non-hydrogen) atoms. The van der Waals surface area contributed by atoms with Crippen LogP contribution in [0.5, 0.6) is 0 Å². The van der Waals surface area contributed by atoms with Crippen molar-refractivity contribution in [1.82, 2.24) is 0 Å². The highest BCUT2D eigenvalue weighted by atomic mass is 32.1. The number of carboxylic acids is 1. The van der Waals surface area contributed by atoms with Crippen molar-refractivity contribution in [3.8, 4) is 0 Å². The van der Waals surface area contributed by atoms with Crippen LogP contribution in [0.2, 0.25) is 0 Å². The Morgan fingerprint density at radius 1 is 1.35 bits per heavy atom. The van der Waals surface area contributed by atoms with Gasteiger partial charge in [-0.1, -0.05) is 11.6 Å². The van der Waals surface area contributed by atoms with Gasteiger partial charge in [0.1, 0.15) is 4.88 Å². The highest BCUT2D eigenvalue weighted by Gasteiger charge is 2.23. The third kappa shape index (κ3) is 1.89. The van der Waals surface area contributed by atoms with Gasteiger partial charge < -0.3 is 9.84 Å². The topological polar surface area (TPSA) is 63.6 Å². The van der Waals surface area contributed by atoms with Crippen molar-refractivity contribution in [3.05, 3.63) is 34.2 Å². The molecule has 0 atom stereocenters. The highest BCUT2D eigenvalue weighted by Crippen LogP contribution is 2.32. The molecule has 0 saturated carbocycles. The number of hydrogen-bond donors (Lipinski definition) is 1. The molecule has 2 aromatic rings. The van der Waals surface area contributed by atoms with Crippen LogP contribution in [-0.2, 0) is 4.74 Å². The van der Waals surface area contributed by atoms with Crippen molar-refractivity contribution in [1.29, 1.82) is 0 Å². The average Bonchev–Trinajstić information content (AvgIpc) is 2.66. The number of aromatic carboxylic acids is 1. The minimum Gasteiger partial charge on any atom is -0.478 e. The first kappa shape index (κ1) is 11.6. The Morgan fingerprint density at radius 3 is 2.65 bits per heavy atom. The Hall–Kier alpha value is -1.88. The van der Waals surface area contributed by atoms with Crippen LogP contribution in [0.4, 0.5) is 0 Å². The number of fused-ring (bicyclic) bond motifs is 1. The van der Waals surface area contributed by atoms with E-state index in [-0.39, 0.29) is 10.4 Å². The largest absolute Gasteiger partial charge is 0.478 e. The molecule has 88 valence electrons. The summed E-state index contributed by atoms with van der Waals surface area (Å²) in [6, 6.07) is 5.46. The zero-order valence-corrected chi connectivity index (χ0v) is 10.1. The maximum absolute atomic E-state index is 11.5. The average molecular weight is 250 g/mol. The summed E-state index contributed by atoms with van der Waals surface area (Å²) in [4.78, 5) is 22.9. The summed E-state index contributed by atoms with van der Waals surface area (Å²) in [6.07, 6.45) is 0. The lowest BCUT2D eigenvalue weighted by Crippen LogP contribution is -2.06. The van der Waals surface area contributed by atoms with E-state index in [1.807, 2.05) is 19.1 Å². The number of ether oxygens (including phenoxy) is 1. The minimum atomic E-state index is -1.11. The van der Waals surface area contributed by atoms with Crippen LogP contribution in [0.1, 0.15) is 25.6 Å². The monoisotopic (exact) mass is 250 g/mol. The van der Waals surface area contributed by atoms with Crippen molar-refractivity contribution in [2.45, 2.75) is 6.92 Å². The number of carboxylic acid groups (broad SMARTS) is 1. The molecule has 1 aromatic carbocycles. The predicted octanol–water partition coefficient (Wildman–Crippen LogP) is 2.69. The van der Waals surface area contributed by atoms with E-state index < -0.39 is 11.9 Å². The Bertz CT molecular complexity index is 612. The lowest BCUT2D eigenvalue weighted by molar-refractivity contribution is 0.0589. The van der Waals surface area contributed by atoms with Crippen molar-refractivity contribution in [3.63, 3.8) is 0 Å². The molecule has 0 unspecified atom stereocenters. The van der Waals surface area contributed by atoms with Crippen LogP contribution < -0.4 is 0 Å². The van der Waals surface area contributed by atoms with E-state index in [1.165, 1.54) is 7.11 Å². The highest BCUT2D eigenvalue weighted by molar-refractivity contribution is 7.21. The summed E-state index contributed by atoms with van der Waals surface area (Å²) in [7, 11) is 1.24. The molecular formula is C12H10O4S. The van der Waals surface area contributed by atoms with Gasteiger partial charge in [-0.15, -0.1) is 11.3 Å². The second kappa shape index (κ2) is 4.18. The number of benzene rings is 1. The van der Waals surface area contributed by atoms with Gasteiger partial charge in [0.05, 0.1) is 12.7 Å². The number of hydrogen-bond acceptors (Lipinski definition) is 4. The van der Waals surface area contributed by atoms with Gasteiger partial charge in [-0.05, 0) is 19.1 Å². The molecule has 4 nitrogen and oxygen atoms in total. The van der Waals surface area contributed by atoms with Crippen molar-refractivity contribution in [2.24, 2.45) is 0 Å². The number of carbonyl (C=O) groups excluding carboxylic acids is 1. The summed E-state index contributed by atoms with van der Waals surface area (Å²) in [6.45, 7) is 1.88. The van der Waals surface area contributed by atoms with Crippen LogP contribution >= 0.6 is 11.3 Å². The third-order valence-corrected chi connectivity index (χ3v) is 3.58. The Balaban J connectivity index is 2.80. The zero-order valence-electron chi connectivity index (χ0n) is 9.31. The smallest absolute Gasteiger partial charge is 0.348 e. The first-order valence-electron chi connectivity index (χ1n) is 4.89.